The van der Waals surface area contributed by atoms with Crippen molar-refractivity contribution < 1.29 is 14.7 Å². The molecule has 118 valence electrons. The minimum atomic E-state index is -0.903. The summed E-state index contributed by atoms with van der Waals surface area (Å²) < 4.78 is 0. The lowest BCUT2D eigenvalue weighted by molar-refractivity contribution is -0.136. The first-order chi connectivity index (χ1) is 11.0. The van der Waals surface area contributed by atoms with Crippen LogP contribution in [0.15, 0.2) is 47.6 Å². The van der Waals surface area contributed by atoms with Gasteiger partial charge in [-0.15, -0.1) is 0 Å². The smallest absolute Gasteiger partial charge is 0.329 e. The number of amides is 2. The molecule has 0 bridgehead atoms. The minimum Gasteiger partial charge on any atom is -0.508 e. The van der Waals surface area contributed by atoms with E-state index in [-0.39, 0.29) is 5.75 Å². The Kier molecular flexibility index (Phi) is 5.32. The fraction of sp³-hybridized carbons (Fsp3) is 0.0625. The fourth-order valence-corrected chi connectivity index (χ4v) is 1.87. The van der Waals surface area contributed by atoms with Gasteiger partial charge in [0.05, 0.1) is 6.21 Å². The average Bonchev–Trinajstić information content (AvgIpc) is 2.53. The van der Waals surface area contributed by atoms with Crippen LogP contribution in [0.3, 0.4) is 0 Å². The SMILES string of the molecule is Cc1c(Cl)cccc1NC(=O)C(=O)N/N=C\c1ccc(O)cc1. The number of rotatable bonds is 3. The Bertz CT molecular complexity index is 758. The molecule has 2 aromatic rings. The monoisotopic (exact) mass is 331 g/mol. The lowest BCUT2D eigenvalue weighted by atomic mass is 10.2. The second-order valence-corrected chi connectivity index (χ2v) is 5.06. The summed E-state index contributed by atoms with van der Waals surface area (Å²) in [5.41, 5.74) is 3.91. The first kappa shape index (κ1) is 16.5. The lowest BCUT2D eigenvalue weighted by Gasteiger charge is -2.08. The number of nitrogens with zero attached hydrogens (tertiary/aromatic N) is 1. The van der Waals surface area contributed by atoms with Crippen LogP contribution in [0.2, 0.25) is 5.02 Å². The second kappa shape index (κ2) is 7.42. The van der Waals surface area contributed by atoms with Crippen LogP contribution in [0.5, 0.6) is 5.75 Å². The number of benzene rings is 2. The van der Waals surface area contributed by atoms with Crippen LogP contribution >= 0.6 is 11.6 Å². The molecule has 0 aliphatic carbocycles. The van der Waals surface area contributed by atoms with Gasteiger partial charge in [0.2, 0.25) is 0 Å². The highest BCUT2D eigenvalue weighted by Gasteiger charge is 2.14. The molecule has 7 heteroatoms. The summed E-state index contributed by atoms with van der Waals surface area (Å²) in [4.78, 5) is 23.5. The maximum atomic E-state index is 11.8. The highest BCUT2D eigenvalue weighted by Crippen LogP contribution is 2.22. The van der Waals surface area contributed by atoms with E-state index in [0.29, 0.717) is 21.8 Å². The van der Waals surface area contributed by atoms with E-state index in [0.717, 1.165) is 0 Å². The van der Waals surface area contributed by atoms with E-state index in [1.54, 1.807) is 37.3 Å². The predicted octanol–water partition coefficient (Wildman–Crippen LogP) is 2.44. The van der Waals surface area contributed by atoms with Gasteiger partial charge in [-0.1, -0.05) is 17.7 Å². The summed E-state index contributed by atoms with van der Waals surface area (Å²) in [7, 11) is 0. The molecule has 0 aliphatic heterocycles. The van der Waals surface area contributed by atoms with Crippen molar-refractivity contribution in [1.82, 2.24) is 5.43 Å². The van der Waals surface area contributed by atoms with Crippen molar-refractivity contribution in [1.29, 1.82) is 0 Å². The summed E-state index contributed by atoms with van der Waals surface area (Å²) in [6.45, 7) is 1.73. The van der Waals surface area contributed by atoms with E-state index in [1.807, 2.05) is 0 Å². The zero-order chi connectivity index (χ0) is 16.8. The van der Waals surface area contributed by atoms with Crippen molar-refractivity contribution in [3.05, 3.63) is 58.6 Å². The molecule has 0 radical (unpaired) electrons. The van der Waals surface area contributed by atoms with Gasteiger partial charge in [0, 0.05) is 10.7 Å². The van der Waals surface area contributed by atoms with Crippen LogP contribution in [0, 0.1) is 6.92 Å². The predicted molar refractivity (Wildman–Crippen MR) is 88.7 cm³/mol. The quantitative estimate of drug-likeness (QED) is 0.458. The van der Waals surface area contributed by atoms with Gasteiger partial charge in [-0.3, -0.25) is 9.59 Å². The molecule has 0 saturated heterocycles. The Morgan fingerprint density at radius 3 is 2.52 bits per heavy atom. The molecule has 6 nitrogen and oxygen atoms in total. The summed E-state index contributed by atoms with van der Waals surface area (Å²) >= 11 is 5.95. The zero-order valence-electron chi connectivity index (χ0n) is 12.2. The molecule has 0 spiro atoms. The van der Waals surface area contributed by atoms with Crippen molar-refractivity contribution in [3.8, 4) is 5.75 Å². The highest BCUT2D eigenvalue weighted by molar-refractivity contribution is 6.40. The van der Waals surface area contributed by atoms with E-state index in [2.05, 4.69) is 15.8 Å². The molecule has 0 aliphatic rings. The fourth-order valence-electron chi connectivity index (χ4n) is 1.70. The number of hydrazone groups is 1. The second-order valence-electron chi connectivity index (χ2n) is 4.66. The van der Waals surface area contributed by atoms with Crippen molar-refractivity contribution in [2.24, 2.45) is 5.10 Å². The highest BCUT2D eigenvalue weighted by atomic mass is 35.5. The summed E-state index contributed by atoms with van der Waals surface area (Å²) in [6.07, 6.45) is 1.36. The van der Waals surface area contributed by atoms with Crippen LogP contribution in [-0.2, 0) is 9.59 Å². The van der Waals surface area contributed by atoms with Crippen LogP contribution in [0.1, 0.15) is 11.1 Å². The van der Waals surface area contributed by atoms with E-state index < -0.39 is 11.8 Å². The van der Waals surface area contributed by atoms with Gasteiger partial charge in [0.25, 0.3) is 0 Å². The lowest BCUT2D eigenvalue weighted by Crippen LogP contribution is -2.32. The molecule has 0 unspecified atom stereocenters. The first-order valence-corrected chi connectivity index (χ1v) is 7.03. The normalized spacial score (nSPS) is 10.5. The molecule has 2 rings (SSSR count). The Labute approximate surface area is 137 Å². The molecule has 0 fully saturated rings. The Morgan fingerprint density at radius 2 is 1.83 bits per heavy atom. The molecule has 2 aromatic carbocycles. The Balaban J connectivity index is 1.94. The minimum absolute atomic E-state index is 0.127. The summed E-state index contributed by atoms with van der Waals surface area (Å²) in [5, 5.41) is 15.8. The van der Waals surface area contributed by atoms with Crippen LogP contribution in [-0.4, -0.2) is 23.1 Å². The van der Waals surface area contributed by atoms with Crippen molar-refractivity contribution in [2.45, 2.75) is 6.92 Å². The van der Waals surface area contributed by atoms with Gasteiger partial charge in [0.1, 0.15) is 5.75 Å². The number of hydrogen-bond acceptors (Lipinski definition) is 4. The number of carbonyl (C=O) groups is 2. The van der Waals surface area contributed by atoms with Gasteiger partial charge < -0.3 is 10.4 Å². The molecular weight excluding hydrogens is 318 g/mol. The van der Waals surface area contributed by atoms with Gasteiger partial charge in [-0.2, -0.15) is 5.10 Å². The zero-order valence-corrected chi connectivity index (χ0v) is 13.0. The van der Waals surface area contributed by atoms with E-state index >= 15 is 0 Å². The van der Waals surface area contributed by atoms with Crippen LogP contribution in [0.4, 0.5) is 5.69 Å². The van der Waals surface area contributed by atoms with E-state index in [9.17, 15) is 9.59 Å². The van der Waals surface area contributed by atoms with Crippen molar-refractivity contribution >= 4 is 35.3 Å². The number of carbonyl (C=O) groups excluding carboxylic acids is 2. The average molecular weight is 332 g/mol. The van der Waals surface area contributed by atoms with Gasteiger partial charge in [0.15, 0.2) is 0 Å². The maximum Gasteiger partial charge on any atom is 0.329 e. The standard InChI is InChI=1S/C16H14ClN3O3/c1-10-13(17)3-2-4-14(10)19-15(22)16(23)20-18-9-11-5-7-12(21)8-6-11/h2-9,21H,1H3,(H,19,22)(H,20,23)/b18-9-. The number of aromatic hydroxyl groups is 1. The Hall–Kier alpha value is -2.86. The van der Waals surface area contributed by atoms with E-state index in [4.69, 9.17) is 16.7 Å². The van der Waals surface area contributed by atoms with Crippen LogP contribution < -0.4 is 10.7 Å². The van der Waals surface area contributed by atoms with Crippen molar-refractivity contribution in [2.75, 3.05) is 5.32 Å². The molecule has 2 amide bonds. The van der Waals surface area contributed by atoms with Crippen LogP contribution in [0.25, 0.3) is 0 Å². The number of halogens is 1. The molecule has 0 heterocycles. The molecule has 0 saturated carbocycles. The first-order valence-electron chi connectivity index (χ1n) is 6.66. The molecular formula is C16H14ClN3O3. The van der Waals surface area contributed by atoms with Gasteiger partial charge in [-0.05, 0) is 54.4 Å². The third-order valence-electron chi connectivity index (χ3n) is 2.99. The summed E-state index contributed by atoms with van der Waals surface area (Å²) in [5.74, 6) is -1.62. The Morgan fingerprint density at radius 1 is 1.13 bits per heavy atom. The topological polar surface area (TPSA) is 90.8 Å². The largest absolute Gasteiger partial charge is 0.508 e. The van der Waals surface area contributed by atoms with Gasteiger partial charge in [-0.25, -0.2) is 5.43 Å². The molecule has 23 heavy (non-hydrogen) atoms. The maximum absolute atomic E-state index is 11.8. The van der Waals surface area contributed by atoms with E-state index in [1.165, 1.54) is 18.3 Å². The number of anilines is 1. The number of phenols is 1. The molecule has 3 N–H and O–H groups in total. The number of hydrogen-bond donors (Lipinski definition) is 3. The summed E-state index contributed by atoms with van der Waals surface area (Å²) in [6, 6.07) is 11.2. The number of phenolic OH excluding ortho intramolecular Hbond substituents is 1. The molecule has 0 aromatic heterocycles. The van der Waals surface area contributed by atoms with Gasteiger partial charge >= 0.3 is 11.8 Å². The number of nitrogens with one attached hydrogen (secondary N) is 2. The van der Waals surface area contributed by atoms with Crippen molar-refractivity contribution in [3.63, 3.8) is 0 Å². The third kappa shape index (κ3) is 4.55. The third-order valence-corrected chi connectivity index (χ3v) is 3.40. The molecule has 0 atom stereocenters.